The minimum absolute atomic E-state index is 0.496. The van der Waals surface area contributed by atoms with E-state index in [1.165, 1.54) is 19.2 Å². The summed E-state index contributed by atoms with van der Waals surface area (Å²) in [4.78, 5) is 10.3. The first kappa shape index (κ1) is 8.46. The van der Waals surface area contributed by atoms with E-state index in [0.29, 0.717) is 11.5 Å². The van der Waals surface area contributed by atoms with Crippen LogP contribution in [-0.4, -0.2) is 33.3 Å². The van der Waals surface area contributed by atoms with Crippen LogP contribution < -0.4 is 10.6 Å². The van der Waals surface area contributed by atoms with Crippen molar-refractivity contribution < 1.29 is 0 Å². The Morgan fingerprint density at radius 1 is 1.27 bits per heavy atom. The van der Waals surface area contributed by atoms with E-state index in [9.17, 15) is 0 Å². The van der Waals surface area contributed by atoms with Gasteiger partial charge in [0.25, 0.3) is 0 Å². The average molecular weight is 204 g/mol. The van der Waals surface area contributed by atoms with E-state index in [2.05, 4.69) is 25.1 Å². The zero-order valence-electron chi connectivity index (χ0n) is 8.27. The number of nitrogens with one attached hydrogen (secondary N) is 1. The third-order valence-corrected chi connectivity index (χ3v) is 2.77. The molecule has 0 radical (unpaired) electrons. The smallest absolute Gasteiger partial charge is 0.163 e. The quantitative estimate of drug-likeness (QED) is 0.708. The summed E-state index contributed by atoms with van der Waals surface area (Å²) in [6.07, 6.45) is 3.87. The summed E-state index contributed by atoms with van der Waals surface area (Å²) >= 11 is 0. The van der Waals surface area contributed by atoms with Crippen molar-refractivity contribution in [1.29, 1.82) is 0 Å². The van der Waals surface area contributed by atoms with Crippen LogP contribution in [0.2, 0.25) is 0 Å². The summed E-state index contributed by atoms with van der Waals surface area (Å²) in [7, 11) is 0. The summed E-state index contributed by atoms with van der Waals surface area (Å²) in [5, 5.41) is 7.99. The van der Waals surface area contributed by atoms with Crippen molar-refractivity contribution in [2.45, 2.75) is 12.8 Å². The summed E-state index contributed by atoms with van der Waals surface area (Å²) < 4.78 is 0. The number of fused-ring (bicyclic) bond motifs is 1. The molecule has 15 heavy (non-hydrogen) atoms. The Kier molecular flexibility index (Phi) is 1.74. The molecule has 0 aliphatic carbocycles. The summed E-state index contributed by atoms with van der Waals surface area (Å²) in [6.45, 7) is 2.07. The summed E-state index contributed by atoms with van der Waals surface area (Å²) in [5.74, 6) is 1.39. The highest BCUT2D eigenvalue weighted by Gasteiger charge is 2.19. The Balaban J connectivity index is 2.18. The van der Waals surface area contributed by atoms with E-state index in [-0.39, 0.29) is 0 Å². The van der Waals surface area contributed by atoms with Crippen LogP contribution in [-0.2, 0) is 0 Å². The van der Waals surface area contributed by atoms with Gasteiger partial charge < -0.3 is 10.6 Å². The van der Waals surface area contributed by atoms with Gasteiger partial charge in [-0.3, -0.25) is 5.10 Å². The fourth-order valence-corrected chi connectivity index (χ4v) is 2.02. The van der Waals surface area contributed by atoms with Gasteiger partial charge in [-0.15, -0.1) is 0 Å². The maximum atomic E-state index is 5.83. The van der Waals surface area contributed by atoms with Crippen molar-refractivity contribution in [3.63, 3.8) is 0 Å². The first-order valence-electron chi connectivity index (χ1n) is 5.06. The lowest BCUT2D eigenvalue weighted by Crippen LogP contribution is -2.18. The molecular formula is C9H12N6. The predicted octanol–water partition coefficient (Wildman–Crippen LogP) is 0.535. The van der Waals surface area contributed by atoms with Gasteiger partial charge in [-0.25, -0.2) is 9.97 Å². The topological polar surface area (TPSA) is 83.7 Å². The molecule has 6 heteroatoms. The first-order valence-corrected chi connectivity index (χ1v) is 5.06. The number of aromatic nitrogens is 4. The Morgan fingerprint density at radius 2 is 2.07 bits per heavy atom. The first-order chi connectivity index (χ1) is 7.36. The molecule has 3 heterocycles. The van der Waals surface area contributed by atoms with E-state index < -0.39 is 0 Å². The molecule has 0 amide bonds. The third-order valence-electron chi connectivity index (χ3n) is 2.77. The Labute approximate surface area is 86.5 Å². The van der Waals surface area contributed by atoms with Crippen molar-refractivity contribution in [2.75, 3.05) is 23.7 Å². The maximum absolute atomic E-state index is 5.83. The van der Waals surface area contributed by atoms with E-state index in [4.69, 9.17) is 5.73 Å². The molecule has 0 atom stereocenters. The average Bonchev–Trinajstić information content (AvgIpc) is 2.85. The second-order valence-corrected chi connectivity index (χ2v) is 3.72. The molecule has 3 N–H and O–H groups in total. The molecule has 1 aliphatic rings. The number of nitrogens with two attached hydrogens (primary N) is 1. The minimum Gasteiger partial charge on any atom is -0.383 e. The molecule has 1 aliphatic heterocycles. The fraction of sp³-hybridized carbons (Fsp3) is 0.444. The van der Waals surface area contributed by atoms with Gasteiger partial charge in [0, 0.05) is 13.1 Å². The number of nitrogen functional groups attached to an aromatic ring is 1. The van der Waals surface area contributed by atoms with Crippen LogP contribution in [0.4, 0.5) is 11.6 Å². The molecule has 2 aromatic rings. The van der Waals surface area contributed by atoms with Crippen LogP contribution in [0.5, 0.6) is 0 Å². The molecule has 3 rings (SSSR count). The van der Waals surface area contributed by atoms with E-state index >= 15 is 0 Å². The van der Waals surface area contributed by atoms with Gasteiger partial charge in [0.1, 0.15) is 17.5 Å². The molecule has 0 spiro atoms. The fourth-order valence-electron chi connectivity index (χ4n) is 2.02. The van der Waals surface area contributed by atoms with Crippen LogP contribution in [0, 0.1) is 0 Å². The lowest BCUT2D eigenvalue weighted by molar-refractivity contribution is 0.925. The Bertz CT molecular complexity index is 484. The largest absolute Gasteiger partial charge is 0.383 e. The van der Waals surface area contributed by atoms with Crippen LogP contribution >= 0.6 is 0 Å². The molecule has 0 aromatic carbocycles. The van der Waals surface area contributed by atoms with Crippen molar-refractivity contribution in [2.24, 2.45) is 0 Å². The van der Waals surface area contributed by atoms with E-state index in [1.54, 1.807) is 0 Å². The van der Waals surface area contributed by atoms with Crippen LogP contribution in [0.15, 0.2) is 6.33 Å². The molecule has 2 aromatic heterocycles. The van der Waals surface area contributed by atoms with Gasteiger partial charge in [-0.2, -0.15) is 5.10 Å². The molecule has 0 unspecified atom stereocenters. The van der Waals surface area contributed by atoms with Crippen molar-refractivity contribution in [1.82, 2.24) is 20.2 Å². The molecular weight excluding hydrogens is 192 g/mol. The lowest BCUT2D eigenvalue weighted by Gasteiger charge is -2.14. The second-order valence-electron chi connectivity index (χ2n) is 3.72. The number of H-pyrrole nitrogens is 1. The molecule has 1 fully saturated rings. The lowest BCUT2D eigenvalue weighted by atomic mass is 10.3. The van der Waals surface area contributed by atoms with Gasteiger partial charge in [-0.1, -0.05) is 0 Å². The highest BCUT2D eigenvalue weighted by atomic mass is 15.3. The monoisotopic (exact) mass is 204 g/mol. The van der Waals surface area contributed by atoms with Crippen LogP contribution in [0.3, 0.4) is 0 Å². The summed E-state index contributed by atoms with van der Waals surface area (Å²) in [5.41, 5.74) is 6.54. The molecule has 0 saturated carbocycles. The number of nitrogens with zero attached hydrogens (tertiary/aromatic N) is 4. The number of hydrogen-bond donors (Lipinski definition) is 2. The van der Waals surface area contributed by atoms with E-state index in [1.807, 2.05) is 0 Å². The molecule has 6 nitrogen and oxygen atoms in total. The Hall–Kier alpha value is -1.85. The third kappa shape index (κ3) is 1.21. The van der Waals surface area contributed by atoms with Crippen LogP contribution in [0.25, 0.3) is 11.0 Å². The zero-order chi connectivity index (χ0) is 10.3. The van der Waals surface area contributed by atoms with Gasteiger partial charge in [-0.05, 0) is 12.8 Å². The van der Waals surface area contributed by atoms with E-state index in [0.717, 1.165) is 24.3 Å². The van der Waals surface area contributed by atoms with Crippen molar-refractivity contribution in [3.8, 4) is 0 Å². The number of rotatable bonds is 1. The Morgan fingerprint density at radius 3 is 2.87 bits per heavy atom. The zero-order valence-corrected chi connectivity index (χ0v) is 8.27. The molecule has 78 valence electrons. The normalized spacial score (nSPS) is 16.4. The number of aromatic amines is 1. The second kappa shape index (κ2) is 3.08. The van der Waals surface area contributed by atoms with Gasteiger partial charge in [0.05, 0.1) is 0 Å². The standard InChI is InChI=1S/C9H12N6/c10-7-6-8(12-5-11-7)13-14-9(6)15-3-1-2-4-15/h5H,1-4H2,(H3,10,11,12,13,14). The SMILES string of the molecule is Nc1ncnc2[nH]nc(N3CCCC3)c12. The van der Waals surface area contributed by atoms with Gasteiger partial charge in [0.15, 0.2) is 11.5 Å². The van der Waals surface area contributed by atoms with Gasteiger partial charge >= 0.3 is 0 Å². The minimum atomic E-state index is 0.496. The predicted molar refractivity (Wildman–Crippen MR) is 57.5 cm³/mol. The molecule has 0 bridgehead atoms. The van der Waals surface area contributed by atoms with Crippen LogP contribution in [0.1, 0.15) is 12.8 Å². The summed E-state index contributed by atoms with van der Waals surface area (Å²) in [6, 6.07) is 0. The van der Waals surface area contributed by atoms with Crippen molar-refractivity contribution in [3.05, 3.63) is 6.33 Å². The number of anilines is 2. The number of hydrogen-bond acceptors (Lipinski definition) is 5. The molecule has 1 saturated heterocycles. The highest BCUT2D eigenvalue weighted by Crippen LogP contribution is 2.28. The highest BCUT2D eigenvalue weighted by molar-refractivity contribution is 5.95. The van der Waals surface area contributed by atoms with Crippen molar-refractivity contribution >= 4 is 22.7 Å². The maximum Gasteiger partial charge on any atom is 0.163 e. The van der Waals surface area contributed by atoms with Gasteiger partial charge in [0.2, 0.25) is 0 Å².